The lowest BCUT2D eigenvalue weighted by molar-refractivity contribution is -0.127. The smallest absolute Gasteiger partial charge is 0.243 e. The number of guanidine groups is 1. The van der Waals surface area contributed by atoms with E-state index in [1.165, 1.54) is 0 Å². The fourth-order valence-corrected chi connectivity index (χ4v) is 2.89. The van der Waals surface area contributed by atoms with Crippen LogP contribution >= 0.6 is 0 Å². The third kappa shape index (κ3) is 11.1. The molecule has 27 heavy (non-hydrogen) atoms. The van der Waals surface area contributed by atoms with Gasteiger partial charge in [0, 0.05) is 73.2 Å². The predicted octanol–water partition coefficient (Wildman–Crippen LogP) is 0.537. The third-order valence-electron chi connectivity index (χ3n) is 4.58. The Labute approximate surface area is 164 Å². The molecule has 0 radical (unpaired) electrons. The van der Waals surface area contributed by atoms with Crippen molar-refractivity contribution in [3.8, 4) is 0 Å². The number of aliphatic imine (C=N–C) groups is 1. The Morgan fingerprint density at radius 3 is 2.59 bits per heavy atom. The van der Waals surface area contributed by atoms with Crippen molar-refractivity contribution >= 4 is 11.9 Å². The average Bonchev–Trinajstić information content (AvgIpc) is 2.66. The molecule has 0 aromatic carbocycles. The van der Waals surface area contributed by atoms with Crippen molar-refractivity contribution in [2.45, 2.75) is 38.6 Å². The Balaban J connectivity index is 2.43. The zero-order valence-corrected chi connectivity index (χ0v) is 17.6. The first kappa shape index (κ1) is 23.7. The Hall–Kier alpha value is -1.38. The Kier molecular flexibility index (Phi) is 12.8. The fraction of sp³-hybridized carbons (Fsp3) is 0.895. The predicted molar refractivity (Wildman–Crippen MR) is 109 cm³/mol. The van der Waals surface area contributed by atoms with E-state index in [-0.39, 0.29) is 12.5 Å². The summed E-state index contributed by atoms with van der Waals surface area (Å²) in [5, 5.41) is 6.84. The maximum absolute atomic E-state index is 11.8. The molecule has 2 N–H and O–H groups in total. The summed E-state index contributed by atoms with van der Waals surface area (Å²) in [5.74, 6) is 0.720. The lowest BCUT2D eigenvalue weighted by Gasteiger charge is -2.33. The van der Waals surface area contributed by atoms with Crippen LogP contribution in [0.15, 0.2) is 4.99 Å². The molecule has 1 amide bonds. The molecule has 0 unspecified atom stereocenters. The summed E-state index contributed by atoms with van der Waals surface area (Å²) in [6.07, 6.45) is 4.14. The van der Waals surface area contributed by atoms with Gasteiger partial charge in [-0.05, 0) is 32.6 Å². The number of hydrogen-bond donors (Lipinski definition) is 2. The quantitative estimate of drug-likeness (QED) is 0.290. The molecule has 0 spiro atoms. The van der Waals surface area contributed by atoms with E-state index < -0.39 is 0 Å². The van der Waals surface area contributed by atoms with E-state index in [1.807, 2.05) is 6.92 Å². The molecule has 0 aromatic heterocycles. The largest absolute Gasteiger partial charge is 0.385 e. The van der Waals surface area contributed by atoms with E-state index >= 15 is 0 Å². The number of carbonyl (C=O) groups excluding carboxylic acids is 1. The van der Waals surface area contributed by atoms with Crippen molar-refractivity contribution in [2.75, 3.05) is 73.7 Å². The van der Waals surface area contributed by atoms with E-state index in [0.29, 0.717) is 6.04 Å². The van der Waals surface area contributed by atoms with Crippen LogP contribution in [-0.4, -0.2) is 101 Å². The molecular formula is C19H39N5O3. The summed E-state index contributed by atoms with van der Waals surface area (Å²) in [4.78, 5) is 20.4. The van der Waals surface area contributed by atoms with Gasteiger partial charge in [0.25, 0.3) is 0 Å². The second-order valence-corrected chi connectivity index (χ2v) is 7.04. The van der Waals surface area contributed by atoms with Gasteiger partial charge in [-0.15, -0.1) is 0 Å². The van der Waals surface area contributed by atoms with Gasteiger partial charge in [0.2, 0.25) is 5.91 Å². The molecule has 8 nitrogen and oxygen atoms in total. The Bertz CT molecular complexity index is 424. The van der Waals surface area contributed by atoms with Gasteiger partial charge in [-0.3, -0.25) is 4.79 Å². The van der Waals surface area contributed by atoms with E-state index in [4.69, 9.17) is 9.47 Å². The molecule has 0 bridgehead atoms. The maximum Gasteiger partial charge on any atom is 0.243 e. The Morgan fingerprint density at radius 2 is 1.96 bits per heavy atom. The molecule has 1 saturated heterocycles. The van der Waals surface area contributed by atoms with Gasteiger partial charge in [0.05, 0.1) is 0 Å². The van der Waals surface area contributed by atoms with E-state index in [0.717, 1.165) is 77.6 Å². The van der Waals surface area contributed by atoms with Crippen molar-refractivity contribution in [1.82, 2.24) is 20.4 Å². The molecule has 0 aliphatic carbocycles. The number of likely N-dealkylation sites (tertiary alicyclic amines) is 1. The summed E-state index contributed by atoms with van der Waals surface area (Å²) < 4.78 is 10.5. The molecule has 0 aromatic rings. The number of amides is 1. The molecule has 1 rings (SSSR count). The van der Waals surface area contributed by atoms with Gasteiger partial charge >= 0.3 is 0 Å². The van der Waals surface area contributed by atoms with Crippen LogP contribution < -0.4 is 10.6 Å². The number of nitrogens with one attached hydrogen (secondary N) is 2. The third-order valence-corrected chi connectivity index (χ3v) is 4.58. The molecular weight excluding hydrogens is 346 g/mol. The zero-order chi connectivity index (χ0) is 19.9. The number of hydrogen-bond acceptors (Lipinski definition) is 5. The van der Waals surface area contributed by atoms with Gasteiger partial charge in [0.1, 0.15) is 6.54 Å². The number of ether oxygens (including phenoxy) is 2. The molecule has 8 heteroatoms. The van der Waals surface area contributed by atoms with Gasteiger partial charge in [0.15, 0.2) is 5.96 Å². The number of methoxy groups -OCH3 is 1. The van der Waals surface area contributed by atoms with E-state index in [1.54, 1.807) is 26.1 Å². The number of carbonyl (C=O) groups is 1. The minimum atomic E-state index is -0.00150. The van der Waals surface area contributed by atoms with Gasteiger partial charge in [-0.25, -0.2) is 4.99 Å². The SMILES string of the molecule is CCOCCCNC(=NCC(=O)N(C)C)NC1CCN(CCCOC)CC1. The average molecular weight is 386 g/mol. The fourth-order valence-electron chi connectivity index (χ4n) is 2.89. The van der Waals surface area contributed by atoms with Crippen molar-refractivity contribution in [3.63, 3.8) is 0 Å². The van der Waals surface area contributed by atoms with Crippen LogP contribution in [0.1, 0.15) is 32.6 Å². The highest BCUT2D eigenvalue weighted by atomic mass is 16.5. The number of likely N-dealkylation sites (N-methyl/N-ethyl adjacent to an activating group) is 1. The van der Waals surface area contributed by atoms with E-state index in [9.17, 15) is 4.79 Å². The van der Waals surface area contributed by atoms with Crippen molar-refractivity contribution < 1.29 is 14.3 Å². The van der Waals surface area contributed by atoms with Crippen molar-refractivity contribution in [2.24, 2.45) is 4.99 Å². The summed E-state index contributed by atoms with van der Waals surface area (Å²) in [6, 6.07) is 0.385. The zero-order valence-electron chi connectivity index (χ0n) is 17.6. The summed E-state index contributed by atoms with van der Waals surface area (Å²) >= 11 is 0. The summed E-state index contributed by atoms with van der Waals surface area (Å²) in [6.45, 7) is 8.46. The van der Waals surface area contributed by atoms with Crippen LogP contribution in [0, 0.1) is 0 Å². The lowest BCUT2D eigenvalue weighted by Crippen LogP contribution is -2.49. The Morgan fingerprint density at radius 1 is 1.22 bits per heavy atom. The molecule has 1 heterocycles. The van der Waals surface area contributed by atoms with Crippen LogP contribution in [0.3, 0.4) is 0 Å². The van der Waals surface area contributed by atoms with Crippen molar-refractivity contribution in [3.05, 3.63) is 0 Å². The highest BCUT2D eigenvalue weighted by Crippen LogP contribution is 2.10. The molecule has 1 aliphatic rings. The lowest BCUT2D eigenvalue weighted by atomic mass is 10.1. The monoisotopic (exact) mass is 385 g/mol. The molecule has 0 saturated carbocycles. The second-order valence-electron chi connectivity index (χ2n) is 7.04. The van der Waals surface area contributed by atoms with Crippen LogP contribution in [0.2, 0.25) is 0 Å². The number of rotatable bonds is 12. The first-order valence-electron chi connectivity index (χ1n) is 10.1. The normalized spacial score (nSPS) is 16.4. The standard InChI is InChI=1S/C19H39N5O3/c1-5-27-15-6-10-20-19(21-16-18(25)23(2)3)22-17-8-12-24(13-9-17)11-7-14-26-4/h17H,5-16H2,1-4H3,(H2,20,21,22). The minimum absolute atomic E-state index is 0.00150. The van der Waals surface area contributed by atoms with Crippen LogP contribution in [-0.2, 0) is 14.3 Å². The highest BCUT2D eigenvalue weighted by molar-refractivity contribution is 5.84. The van der Waals surface area contributed by atoms with E-state index in [2.05, 4.69) is 20.5 Å². The molecule has 1 fully saturated rings. The molecule has 0 atom stereocenters. The first-order valence-corrected chi connectivity index (χ1v) is 10.1. The summed E-state index contributed by atoms with van der Waals surface area (Å²) in [7, 11) is 5.25. The molecule has 1 aliphatic heterocycles. The number of nitrogens with zero attached hydrogens (tertiary/aromatic N) is 3. The first-order chi connectivity index (χ1) is 13.1. The van der Waals surface area contributed by atoms with Gasteiger partial charge in [-0.1, -0.05) is 0 Å². The van der Waals surface area contributed by atoms with Gasteiger partial charge in [-0.2, -0.15) is 0 Å². The molecule has 158 valence electrons. The minimum Gasteiger partial charge on any atom is -0.385 e. The van der Waals surface area contributed by atoms with Crippen LogP contribution in [0.4, 0.5) is 0 Å². The topological polar surface area (TPSA) is 78.4 Å². The van der Waals surface area contributed by atoms with Crippen LogP contribution in [0.25, 0.3) is 0 Å². The second kappa shape index (κ2) is 14.6. The number of piperidine rings is 1. The summed E-state index contributed by atoms with van der Waals surface area (Å²) in [5.41, 5.74) is 0. The van der Waals surface area contributed by atoms with Crippen molar-refractivity contribution in [1.29, 1.82) is 0 Å². The van der Waals surface area contributed by atoms with Gasteiger partial charge < -0.3 is 29.9 Å². The maximum atomic E-state index is 11.8. The highest BCUT2D eigenvalue weighted by Gasteiger charge is 2.19. The van der Waals surface area contributed by atoms with Crippen LogP contribution in [0.5, 0.6) is 0 Å².